The second kappa shape index (κ2) is 54.2. The van der Waals surface area contributed by atoms with Crippen LogP contribution in [-0.2, 0) is 28.6 Å². The molecule has 1 unspecified atom stereocenters. The monoisotopic (exact) mass is 925 g/mol. The summed E-state index contributed by atoms with van der Waals surface area (Å²) >= 11 is 0. The topological polar surface area (TPSA) is 78.9 Å². The predicted molar refractivity (Wildman–Crippen MR) is 288 cm³/mol. The van der Waals surface area contributed by atoms with Gasteiger partial charge in [0.2, 0.25) is 0 Å². The summed E-state index contributed by atoms with van der Waals surface area (Å²) in [7, 11) is 0. The lowest BCUT2D eigenvalue weighted by molar-refractivity contribution is -0.167. The van der Waals surface area contributed by atoms with Crippen molar-refractivity contribution in [3.8, 4) is 0 Å². The van der Waals surface area contributed by atoms with Crippen LogP contribution in [0.1, 0.15) is 213 Å². The van der Waals surface area contributed by atoms with Gasteiger partial charge in [0.05, 0.1) is 0 Å². The van der Waals surface area contributed by atoms with Crippen LogP contribution in [0.15, 0.2) is 134 Å². The lowest BCUT2D eigenvalue weighted by Gasteiger charge is -2.18. The molecule has 0 saturated heterocycles. The molecule has 0 saturated carbocycles. The molecule has 0 aliphatic rings. The first-order valence-corrected chi connectivity index (χ1v) is 26.7. The molecular weight excluding hydrogens is 829 g/mol. The van der Waals surface area contributed by atoms with Crippen molar-refractivity contribution in [2.45, 2.75) is 219 Å². The molecule has 0 aromatic carbocycles. The number of allylic oxidation sites excluding steroid dienone is 22. The highest BCUT2D eigenvalue weighted by Crippen LogP contribution is 2.12. The molecule has 0 aliphatic heterocycles. The van der Waals surface area contributed by atoms with E-state index >= 15 is 0 Å². The van der Waals surface area contributed by atoms with E-state index in [4.69, 9.17) is 14.2 Å². The fraction of sp³-hybridized carbons (Fsp3) is 0.590. The van der Waals surface area contributed by atoms with Crippen LogP contribution in [-0.4, -0.2) is 37.2 Å². The molecule has 0 spiro atoms. The normalized spacial score (nSPS) is 13.2. The van der Waals surface area contributed by atoms with Gasteiger partial charge in [-0.15, -0.1) is 0 Å². The molecule has 0 aliphatic carbocycles. The summed E-state index contributed by atoms with van der Waals surface area (Å²) in [5.41, 5.74) is 0. The number of unbranched alkanes of at least 4 members (excludes halogenated alkanes) is 13. The molecule has 0 rings (SSSR count). The van der Waals surface area contributed by atoms with Crippen LogP contribution < -0.4 is 0 Å². The Hall–Kier alpha value is -4.45. The Morgan fingerprint density at radius 2 is 0.582 bits per heavy atom. The number of ether oxygens (including phenoxy) is 3. The zero-order valence-electron chi connectivity index (χ0n) is 42.9. The van der Waals surface area contributed by atoms with Crippen LogP contribution in [0.2, 0.25) is 0 Å². The molecule has 0 radical (unpaired) electrons. The molecule has 0 fully saturated rings. The second-order valence-corrected chi connectivity index (χ2v) is 17.0. The largest absolute Gasteiger partial charge is 0.462 e. The zero-order chi connectivity index (χ0) is 48.6. The fourth-order valence-corrected chi connectivity index (χ4v) is 6.67. The van der Waals surface area contributed by atoms with E-state index in [1.165, 1.54) is 6.42 Å². The first-order valence-electron chi connectivity index (χ1n) is 26.7. The number of esters is 3. The molecule has 67 heavy (non-hydrogen) atoms. The Morgan fingerprint density at radius 3 is 0.925 bits per heavy atom. The summed E-state index contributed by atoms with van der Waals surface area (Å²) in [6.07, 6.45) is 75.7. The Kier molecular flexibility index (Phi) is 50.6. The van der Waals surface area contributed by atoms with Crippen LogP contribution in [0.5, 0.6) is 0 Å². The average Bonchev–Trinajstić information content (AvgIpc) is 3.33. The first-order chi connectivity index (χ1) is 33.0. The lowest BCUT2D eigenvalue weighted by atomic mass is 10.1. The van der Waals surface area contributed by atoms with Gasteiger partial charge in [0.25, 0.3) is 0 Å². The molecule has 6 nitrogen and oxygen atoms in total. The molecule has 0 bridgehead atoms. The van der Waals surface area contributed by atoms with Gasteiger partial charge < -0.3 is 14.2 Å². The number of carbonyl (C=O) groups is 3. The van der Waals surface area contributed by atoms with E-state index < -0.39 is 6.10 Å². The van der Waals surface area contributed by atoms with E-state index in [2.05, 4.69) is 154 Å². The van der Waals surface area contributed by atoms with Crippen LogP contribution in [0, 0.1) is 0 Å². The van der Waals surface area contributed by atoms with Gasteiger partial charge >= 0.3 is 17.9 Å². The molecule has 0 N–H and O–H groups in total. The highest BCUT2D eigenvalue weighted by molar-refractivity contribution is 5.71. The van der Waals surface area contributed by atoms with Gasteiger partial charge in [0, 0.05) is 19.3 Å². The van der Waals surface area contributed by atoms with Crippen molar-refractivity contribution in [1.29, 1.82) is 0 Å². The maximum atomic E-state index is 12.8. The second-order valence-electron chi connectivity index (χ2n) is 17.0. The highest BCUT2D eigenvalue weighted by Gasteiger charge is 2.19. The molecule has 376 valence electrons. The summed E-state index contributed by atoms with van der Waals surface area (Å²) in [5.74, 6) is -0.990. The minimum atomic E-state index is -0.816. The van der Waals surface area contributed by atoms with E-state index in [1.807, 2.05) is 0 Å². The molecule has 0 heterocycles. The molecule has 0 aromatic rings. The SMILES string of the molecule is CC/C=C\C/C=C\C/C=C\C/C=C\C/C=C\CCCCCC(=O)OCC(COC(=O)CCCCCCC/C=C\C/C=C\CCC)OC(=O)CCCCCC/C=C\C/C=C\C/C=C\C/C=C\CC. The van der Waals surface area contributed by atoms with Crippen molar-refractivity contribution in [2.24, 2.45) is 0 Å². The van der Waals surface area contributed by atoms with E-state index in [0.29, 0.717) is 12.8 Å². The summed E-state index contributed by atoms with van der Waals surface area (Å²) in [6, 6.07) is 0. The van der Waals surface area contributed by atoms with Gasteiger partial charge in [-0.1, -0.05) is 199 Å². The van der Waals surface area contributed by atoms with E-state index in [9.17, 15) is 14.4 Å². The summed E-state index contributed by atoms with van der Waals surface area (Å²) in [5, 5.41) is 0. The van der Waals surface area contributed by atoms with Crippen molar-refractivity contribution in [2.75, 3.05) is 13.2 Å². The fourth-order valence-electron chi connectivity index (χ4n) is 6.67. The summed E-state index contributed by atoms with van der Waals surface area (Å²) in [4.78, 5) is 38.1. The minimum absolute atomic E-state index is 0.111. The van der Waals surface area contributed by atoms with Gasteiger partial charge in [-0.3, -0.25) is 14.4 Å². The predicted octanol–water partition coefficient (Wildman–Crippen LogP) is 17.9. The van der Waals surface area contributed by atoms with Crippen molar-refractivity contribution in [1.82, 2.24) is 0 Å². The van der Waals surface area contributed by atoms with Gasteiger partial charge in [-0.25, -0.2) is 0 Å². The first kappa shape index (κ1) is 62.5. The van der Waals surface area contributed by atoms with E-state index in [1.54, 1.807) is 0 Å². The smallest absolute Gasteiger partial charge is 0.306 e. The molecule has 1 atom stereocenters. The Labute approximate surface area is 411 Å². The zero-order valence-corrected chi connectivity index (χ0v) is 42.9. The van der Waals surface area contributed by atoms with Gasteiger partial charge in [0.15, 0.2) is 6.10 Å². The molecule has 0 amide bonds. The van der Waals surface area contributed by atoms with Crippen LogP contribution in [0.25, 0.3) is 0 Å². The quantitative estimate of drug-likeness (QED) is 0.0262. The molecular formula is C61H96O6. The third-order valence-electron chi connectivity index (χ3n) is 10.6. The summed E-state index contributed by atoms with van der Waals surface area (Å²) in [6.45, 7) is 6.27. The molecule has 0 aromatic heterocycles. The highest BCUT2D eigenvalue weighted by atomic mass is 16.6. The Morgan fingerprint density at radius 1 is 0.313 bits per heavy atom. The van der Waals surface area contributed by atoms with Crippen molar-refractivity contribution < 1.29 is 28.6 Å². The Bertz CT molecular complexity index is 1480. The molecule has 6 heteroatoms. The number of carbonyl (C=O) groups excluding carboxylic acids is 3. The summed E-state index contributed by atoms with van der Waals surface area (Å²) < 4.78 is 16.8. The van der Waals surface area contributed by atoms with Crippen molar-refractivity contribution in [3.63, 3.8) is 0 Å². The maximum Gasteiger partial charge on any atom is 0.306 e. The third-order valence-corrected chi connectivity index (χ3v) is 10.6. The van der Waals surface area contributed by atoms with Crippen molar-refractivity contribution >= 4 is 17.9 Å². The van der Waals surface area contributed by atoms with Gasteiger partial charge in [0.1, 0.15) is 13.2 Å². The number of hydrogen-bond acceptors (Lipinski definition) is 6. The van der Waals surface area contributed by atoms with E-state index in [-0.39, 0.29) is 37.5 Å². The number of rotatable bonds is 46. The van der Waals surface area contributed by atoms with Crippen molar-refractivity contribution in [3.05, 3.63) is 134 Å². The van der Waals surface area contributed by atoms with Gasteiger partial charge in [-0.05, 0) is 128 Å². The van der Waals surface area contributed by atoms with Crippen LogP contribution >= 0.6 is 0 Å². The maximum absolute atomic E-state index is 12.8. The lowest BCUT2D eigenvalue weighted by Crippen LogP contribution is -2.30. The Balaban J connectivity index is 4.53. The van der Waals surface area contributed by atoms with E-state index in [0.717, 1.165) is 167 Å². The van der Waals surface area contributed by atoms with Crippen LogP contribution in [0.4, 0.5) is 0 Å². The van der Waals surface area contributed by atoms with Gasteiger partial charge in [-0.2, -0.15) is 0 Å². The minimum Gasteiger partial charge on any atom is -0.462 e. The average molecular weight is 925 g/mol. The standard InChI is InChI=1S/C61H96O6/c1-4-7-10-13-16-19-22-25-27-29-30-32-33-36-39-42-45-48-51-54-60(63)66-57-58(56-65-59(62)53-50-47-44-41-38-35-24-21-18-15-12-9-6-3)67-61(64)55-52-49-46-43-40-37-34-31-28-26-23-20-17-14-11-8-5-2/h7-8,10-12,15-17,19-21,24-28,30,32,34,36-37,39,58H,4-6,9,13-14,18,22-23,29,31,33,35,38,40-57H2,1-3H3/b10-7-,11-8-,15-12-,19-16-,20-17-,24-21-,27-25-,28-26-,32-30-,37-34-,39-36-. The van der Waals surface area contributed by atoms with Crippen LogP contribution in [0.3, 0.4) is 0 Å². The number of hydrogen-bond donors (Lipinski definition) is 0. The third kappa shape index (κ3) is 52.4.